The molecule has 0 spiro atoms. The number of nitrogens with zero attached hydrogens (tertiary/aromatic N) is 3. The number of rotatable bonds is 2. The summed E-state index contributed by atoms with van der Waals surface area (Å²) in [5, 5.41) is 3.94. The van der Waals surface area contributed by atoms with Crippen molar-refractivity contribution in [2.24, 2.45) is 0 Å². The van der Waals surface area contributed by atoms with E-state index in [1.165, 1.54) is 10.6 Å². The fraction of sp³-hybridized carbons (Fsp3) is 0.375. The maximum atomic E-state index is 11.6. The number of aromatic nitrogens is 3. The Morgan fingerprint density at radius 1 is 1.50 bits per heavy atom. The van der Waals surface area contributed by atoms with Crippen LogP contribution in [-0.2, 0) is 9.84 Å². The monoisotopic (exact) mass is 259 g/mol. The minimum atomic E-state index is -3.35. The lowest BCUT2D eigenvalue weighted by Gasteiger charge is -1.94. The maximum Gasteiger partial charge on any atom is 0.274 e. The Balaban J connectivity index is 2.80. The van der Waals surface area contributed by atoms with Crippen molar-refractivity contribution in [3.63, 3.8) is 0 Å². The highest BCUT2D eigenvalue weighted by atomic mass is 32.2. The summed E-state index contributed by atoms with van der Waals surface area (Å²) in [6.07, 6.45) is 0. The van der Waals surface area contributed by atoms with Crippen LogP contribution in [0.25, 0.3) is 4.96 Å². The zero-order valence-electron chi connectivity index (χ0n) is 8.67. The average Bonchev–Trinajstić information content (AvgIpc) is 2.62. The van der Waals surface area contributed by atoms with E-state index in [4.69, 9.17) is 0 Å². The highest BCUT2D eigenvalue weighted by molar-refractivity contribution is 7.93. The van der Waals surface area contributed by atoms with Crippen LogP contribution in [0.2, 0.25) is 0 Å². The Kier molecular flexibility index (Phi) is 2.55. The first kappa shape index (κ1) is 11.2. The SMILES string of the molecule is CCS(=O)(=O)c1nn2c(C)cc(=O)nc2s1. The summed E-state index contributed by atoms with van der Waals surface area (Å²) in [5.41, 5.74) is 0.186. The fourth-order valence-corrected chi connectivity index (χ4v) is 3.41. The molecule has 8 heteroatoms. The van der Waals surface area contributed by atoms with E-state index in [0.717, 1.165) is 11.3 Å². The molecular weight excluding hydrogens is 250 g/mol. The molecule has 2 aromatic rings. The molecule has 0 fully saturated rings. The first-order valence-electron chi connectivity index (χ1n) is 4.54. The van der Waals surface area contributed by atoms with E-state index < -0.39 is 9.84 Å². The summed E-state index contributed by atoms with van der Waals surface area (Å²) in [6, 6.07) is 1.31. The molecule has 2 aromatic heterocycles. The summed E-state index contributed by atoms with van der Waals surface area (Å²) in [6.45, 7) is 3.23. The van der Waals surface area contributed by atoms with Gasteiger partial charge < -0.3 is 0 Å². The Bertz CT molecular complexity index is 699. The topological polar surface area (TPSA) is 81.4 Å². The molecule has 0 saturated carbocycles. The normalized spacial score (nSPS) is 12.1. The highest BCUT2D eigenvalue weighted by Crippen LogP contribution is 2.18. The van der Waals surface area contributed by atoms with Gasteiger partial charge >= 0.3 is 0 Å². The number of aryl methyl sites for hydroxylation is 1. The summed E-state index contributed by atoms with van der Waals surface area (Å²) in [4.78, 5) is 15.1. The zero-order valence-corrected chi connectivity index (χ0v) is 10.3. The number of fused-ring (bicyclic) bond motifs is 1. The van der Waals surface area contributed by atoms with Gasteiger partial charge in [-0.3, -0.25) is 4.79 Å². The molecule has 0 aromatic carbocycles. The lowest BCUT2D eigenvalue weighted by Crippen LogP contribution is -2.09. The van der Waals surface area contributed by atoms with Gasteiger partial charge in [0.05, 0.1) is 5.75 Å². The van der Waals surface area contributed by atoms with Crippen LogP contribution in [0, 0.1) is 6.92 Å². The van der Waals surface area contributed by atoms with Gasteiger partial charge in [0.2, 0.25) is 19.1 Å². The minimum absolute atomic E-state index is 0.00352. The van der Waals surface area contributed by atoms with Crippen molar-refractivity contribution >= 4 is 26.1 Å². The third kappa shape index (κ3) is 1.74. The summed E-state index contributed by atoms with van der Waals surface area (Å²) < 4.78 is 24.6. The maximum absolute atomic E-state index is 11.6. The second-order valence-corrected chi connectivity index (χ2v) is 6.61. The number of sulfone groups is 1. The van der Waals surface area contributed by atoms with E-state index in [-0.39, 0.29) is 15.7 Å². The van der Waals surface area contributed by atoms with Crippen molar-refractivity contribution in [2.75, 3.05) is 5.75 Å². The van der Waals surface area contributed by atoms with Crippen molar-refractivity contribution in [3.8, 4) is 0 Å². The molecule has 86 valence electrons. The molecule has 0 atom stereocenters. The van der Waals surface area contributed by atoms with Crippen LogP contribution in [0.4, 0.5) is 0 Å². The quantitative estimate of drug-likeness (QED) is 0.772. The lowest BCUT2D eigenvalue weighted by atomic mass is 10.5. The largest absolute Gasteiger partial charge is 0.274 e. The average molecular weight is 259 g/mol. The Morgan fingerprint density at radius 2 is 2.19 bits per heavy atom. The molecule has 16 heavy (non-hydrogen) atoms. The van der Waals surface area contributed by atoms with Crippen molar-refractivity contribution < 1.29 is 8.42 Å². The van der Waals surface area contributed by atoms with Crippen LogP contribution in [0.5, 0.6) is 0 Å². The van der Waals surface area contributed by atoms with Crippen LogP contribution < -0.4 is 5.56 Å². The van der Waals surface area contributed by atoms with Crippen molar-refractivity contribution in [3.05, 3.63) is 22.1 Å². The molecule has 0 radical (unpaired) electrons. The molecule has 0 aliphatic carbocycles. The molecule has 0 N–H and O–H groups in total. The molecule has 2 heterocycles. The van der Waals surface area contributed by atoms with Crippen LogP contribution in [0.3, 0.4) is 0 Å². The first-order valence-corrected chi connectivity index (χ1v) is 7.01. The number of hydrogen-bond donors (Lipinski definition) is 0. The van der Waals surface area contributed by atoms with Gasteiger partial charge in [-0.25, -0.2) is 12.9 Å². The molecule has 6 nitrogen and oxygen atoms in total. The van der Waals surface area contributed by atoms with Gasteiger partial charge in [0, 0.05) is 11.8 Å². The molecule has 0 aliphatic heterocycles. The van der Waals surface area contributed by atoms with E-state index in [2.05, 4.69) is 10.1 Å². The molecule has 0 amide bonds. The highest BCUT2D eigenvalue weighted by Gasteiger charge is 2.18. The van der Waals surface area contributed by atoms with E-state index in [1.54, 1.807) is 13.8 Å². The first-order chi connectivity index (χ1) is 7.44. The number of hydrogen-bond acceptors (Lipinski definition) is 6. The molecule has 2 rings (SSSR count). The Labute approximate surface area is 95.5 Å². The summed E-state index contributed by atoms with van der Waals surface area (Å²) in [5.74, 6) is -0.0172. The minimum Gasteiger partial charge on any atom is -0.267 e. The fourth-order valence-electron chi connectivity index (χ4n) is 1.18. The second-order valence-electron chi connectivity index (χ2n) is 3.20. The Morgan fingerprint density at radius 3 is 2.81 bits per heavy atom. The van der Waals surface area contributed by atoms with Crippen LogP contribution >= 0.6 is 11.3 Å². The molecular formula is C8H9N3O3S2. The third-order valence-corrected chi connectivity index (χ3v) is 5.15. The molecule has 0 unspecified atom stereocenters. The van der Waals surface area contributed by atoms with Gasteiger partial charge in [-0.2, -0.15) is 4.98 Å². The van der Waals surface area contributed by atoms with Gasteiger partial charge in [-0.05, 0) is 6.92 Å². The van der Waals surface area contributed by atoms with Crippen LogP contribution in [0.1, 0.15) is 12.6 Å². The van der Waals surface area contributed by atoms with Gasteiger partial charge in [-0.1, -0.05) is 18.3 Å². The van der Waals surface area contributed by atoms with E-state index in [0.29, 0.717) is 10.7 Å². The van der Waals surface area contributed by atoms with Crippen molar-refractivity contribution in [2.45, 2.75) is 18.2 Å². The Hall–Kier alpha value is -1.28. The second kappa shape index (κ2) is 3.63. The predicted molar refractivity (Wildman–Crippen MR) is 59.6 cm³/mol. The standard InChI is InChI=1S/C8H9N3O3S2/c1-3-16(13,14)8-10-11-5(2)4-6(12)9-7(11)15-8/h4H,3H2,1-2H3. The van der Waals surface area contributed by atoms with E-state index in [9.17, 15) is 13.2 Å². The molecule has 0 bridgehead atoms. The lowest BCUT2D eigenvalue weighted by molar-refractivity contribution is 0.594. The molecule has 0 aliphatic rings. The summed E-state index contributed by atoms with van der Waals surface area (Å²) in [7, 11) is -3.35. The predicted octanol–water partition coefficient (Wildman–Crippen LogP) is 0.253. The smallest absolute Gasteiger partial charge is 0.267 e. The molecule has 0 saturated heterocycles. The van der Waals surface area contributed by atoms with Crippen molar-refractivity contribution in [1.29, 1.82) is 0 Å². The van der Waals surface area contributed by atoms with Gasteiger partial charge in [-0.15, -0.1) is 5.10 Å². The van der Waals surface area contributed by atoms with Gasteiger partial charge in [0.15, 0.2) is 0 Å². The van der Waals surface area contributed by atoms with E-state index >= 15 is 0 Å². The zero-order chi connectivity index (χ0) is 11.9. The van der Waals surface area contributed by atoms with Gasteiger partial charge in [0.25, 0.3) is 5.56 Å². The van der Waals surface area contributed by atoms with Gasteiger partial charge in [0.1, 0.15) is 0 Å². The summed E-state index contributed by atoms with van der Waals surface area (Å²) >= 11 is 0.910. The van der Waals surface area contributed by atoms with Crippen LogP contribution in [0.15, 0.2) is 15.2 Å². The van der Waals surface area contributed by atoms with Crippen molar-refractivity contribution in [1.82, 2.24) is 14.6 Å². The van der Waals surface area contributed by atoms with E-state index in [1.807, 2.05) is 0 Å². The van der Waals surface area contributed by atoms with Crippen LogP contribution in [-0.4, -0.2) is 28.8 Å². The third-order valence-electron chi connectivity index (χ3n) is 2.06.